The number of piperidine rings is 1. The summed E-state index contributed by atoms with van der Waals surface area (Å²) >= 11 is 0.915. The van der Waals surface area contributed by atoms with Gasteiger partial charge in [-0.05, 0) is 36.7 Å². The first-order valence-corrected chi connectivity index (χ1v) is 8.32. The van der Waals surface area contributed by atoms with Crippen molar-refractivity contribution in [1.29, 1.82) is 0 Å². The second-order valence-electron chi connectivity index (χ2n) is 5.60. The third-order valence-electron chi connectivity index (χ3n) is 3.95. The van der Waals surface area contributed by atoms with Crippen LogP contribution < -0.4 is 20.7 Å². The van der Waals surface area contributed by atoms with E-state index in [1.165, 1.54) is 0 Å². The lowest BCUT2D eigenvalue weighted by Crippen LogP contribution is -2.43. The third kappa shape index (κ3) is 3.35. The highest BCUT2D eigenvalue weighted by molar-refractivity contribution is 8.18. The van der Waals surface area contributed by atoms with Crippen molar-refractivity contribution in [2.75, 3.05) is 25.1 Å². The van der Waals surface area contributed by atoms with Crippen LogP contribution in [0.3, 0.4) is 0 Å². The van der Waals surface area contributed by atoms with Crippen molar-refractivity contribution in [3.8, 4) is 5.75 Å². The van der Waals surface area contributed by atoms with Gasteiger partial charge in [-0.2, -0.15) is 0 Å². The van der Waals surface area contributed by atoms with Crippen LogP contribution in [0.5, 0.6) is 5.75 Å². The Hall–Kier alpha value is -1.99. The molecule has 0 spiro atoms. The van der Waals surface area contributed by atoms with E-state index >= 15 is 0 Å². The molecular weight excluding hydrogens is 314 g/mol. The van der Waals surface area contributed by atoms with Crippen LogP contribution >= 0.6 is 11.8 Å². The average molecular weight is 333 g/mol. The number of carbonyl (C=O) groups excluding carboxylic acids is 2. The summed E-state index contributed by atoms with van der Waals surface area (Å²) in [4.78, 5) is 25.7. The molecule has 7 heteroatoms. The van der Waals surface area contributed by atoms with Gasteiger partial charge in [-0.3, -0.25) is 14.9 Å². The maximum absolute atomic E-state index is 11.8. The minimum Gasteiger partial charge on any atom is -0.495 e. The number of nitrogens with zero attached hydrogens (tertiary/aromatic N) is 1. The first-order chi connectivity index (χ1) is 11.1. The highest BCUT2D eigenvalue weighted by Gasteiger charge is 2.27. The number of hydrogen-bond donors (Lipinski definition) is 2. The minimum atomic E-state index is -0.357. The minimum absolute atomic E-state index is 0.125. The lowest BCUT2D eigenvalue weighted by Gasteiger charge is -2.34. The monoisotopic (exact) mass is 333 g/mol. The van der Waals surface area contributed by atoms with Gasteiger partial charge in [0.1, 0.15) is 5.75 Å². The second-order valence-corrected chi connectivity index (χ2v) is 6.61. The summed E-state index contributed by atoms with van der Waals surface area (Å²) in [6.07, 6.45) is 3.76. The summed E-state index contributed by atoms with van der Waals surface area (Å²) in [5.74, 6) is 0.382. The lowest BCUT2D eigenvalue weighted by atomic mass is 10.0. The Morgan fingerprint density at radius 3 is 2.91 bits per heavy atom. The van der Waals surface area contributed by atoms with Gasteiger partial charge >= 0.3 is 0 Å². The zero-order chi connectivity index (χ0) is 16.4. The fourth-order valence-electron chi connectivity index (χ4n) is 2.93. The molecule has 0 bridgehead atoms. The molecule has 1 atom stereocenters. The zero-order valence-electron chi connectivity index (χ0n) is 12.9. The first-order valence-electron chi connectivity index (χ1n) is 7.51. The van der Waals surface area contributed by atoms with Gasteiger partial charge < -0.3 is 15.4 Å². The molecule has 2 fully saturated rings. The third-order valence-corrected chi connectivity index (χ3v) is 4.76. The van der Waals surface area contributed by atoms with Crippen molar-refractivity contribution >= 4 is 34.7 Å². The molecule has 0 saturated carbocycles. The molecule has 2 aliphatic rings. The van der Waals surface area contributed by atoms with E-state index in [0.717, 1.165) is 54.7 Å². The van der Waals surface area contributed by atoms with Crippen LogP contribution in [0.25, 0.3) is 6.08 Å². The Morgan fingerprint density at radius 2 is 2.26 bits per heavy atom. The topological polar surface area (TPSA) is 84.7 Å². The van der Waals surface area contributed by atoms with Crippen molar-refractivity contribution in [2.24, 2.45) is 5.73 Å². The quantitative estimate of drug-likeness (QED) is 0.823. The Morgan fingerprint density at radius 1 is 1.43 bits per heavy atom. The van der Waals surface area contributed by atoms with Crippen LogP contribution in [0.4, 0.5) is 10.5 Å². The van der Waals surface area contributed by atoms with Gasteiger partial charge in [0, 0.05) is 24.7 Å². The van der Waals surface area contributed by atoms with Crippen LogP contribution in [0.2, 0.25) is 0 Å². The van der Waals surface area contributed by atoms with Crippen LogP contribution in [-0.4, -0.2) is 37.4 Å². The van der Waals surface area contributed by atoms with Gasteiger partial charge in [-0.1, -0.05) is 12.1 Å². The Bertz CT molecular complexity index is 675. The number of imide groups is 1. The van der Waals surface area contributed by atoms with E-state index in [9.17, 15) is 9.59 Å². The molecule has 1 unspecified atom stereocenters. The van der Waals surface area contributed by atoms with Crippen molar-refractivity contribution in [1.82, 2.24) is 5.32 Å². The zero-order valence-corrected chi connectivity index (χ0v) is 13.7. The smallest absolute Gasteiger partial charge is 0.290 e. The number of nitrogens with two attached hydrogens (primary N) is 1. The fourth-order valence-corrected chi connectivity index (χ4v) is 3.61. The standard InChI is InChI=1S/C16H19N3O3S/c1-22-12-6-2-4-10(8-13-15(20)18-16(21)23-13)14(12)19-7-3-5-11(17)9-19/h2,4,6,8,11H,3,5,7,9,17H2,1H3,(H,18,20,21)/b13-8+. The lowest BCUT2D eigenvalue weighted by molar-refractivity contribution is -0.115. The largest absolute Gasteiger partial charge is 0.495 e. The molecule has 0 aliphatic carbocycles. The number of amides is 2. The van der Waals surface area contributed by atoms with E-state index in [2.05, 4.69) is 10.2 Å². The number of nitrogens with one attached hydrogen (secondary N) is 1. The molecule has 1 aromatic carbocycles. The molecule has 23 heavy (non-hydrogen) atoms. The normalized spacial score (nSPS) is 23.3. The number of methoxy groups -OCH3 is 1. The Kier molecular flexibility index (Phi) is 4.58. The van der Waals surface area contributed by atoms with Gasteiger partial charge in [-0.15, -0.1) is 0 Å². The first kappa shape index (κ1) is 15.9. The van der Waals surface area contributed by atoms with E-state index in [0.29, 0.717) is 4.91 Å². The molecule has 2 saturated heterocycles. The molecule has 122 valence electrons. The van der Waals surface area contributed by atoms with Gasteiger partial charge in [0.05, 0.1) is 17.7 Å². The summed E-state index contributed by atoms with van der Waals surface area (Å²) < 4.78 is 5.50. The van der Waals surface area contributed by atoms with Crippen molar-refractivity contribution in [3.63, 3.8) is 0 Å². The van der Waals surface area contributed by atoms with Crippen molar-refractivity contribution in [3.05, 3.63) is 28.7 Å². The highest BCUT2D eigenvalue weighted by Crippen LogP contribution is 2.37. The SMILES string of the molecule is COc1cccc(/C=C2/SC(=O)NC2=O)c1N1CCCC(N)C1. The van der Waals surface area contributed by atoms with E-state index in [-0.39, 0.29) is 17.2 Å². The number of benzene rings is 1. The van der Waals surface area contributed by atoms with Crippen LogP contribution in [-0.2, 0) is 4.79 Å². The summed E-state index contributed by atoms with van der Waals surface area (Å²) in [5, 5.41) is 1.93. The second kappa shape index (κ2) is 6.64. The molecule has 0 aromatic heterocycles. The van der Waals surface area contributed by atoms with Gasteiger partial charge in [0.15, 0.2) is 0 Å². The van der Waals surface area contributed by atoms with Crippen LogP contribution in [0, 0.1) is 0 Å². The van der Waals surface area contributed by atoms with E-state index < -0.39 is 0 Å². The number of anilines is 1. The van der Waals surface area contributed by atoms with E-state index in [1.54, 1.807) is 13.2 Å². The highest BCUT2D eigenvalue weighted by atomic mass is 32.2. The number of rotatable bonds is 3. The fraction of sp³-hybridized carbons (Fsp3) is 0.375. The maximum Gasteiger partial charge on any atom is 0.290 e. The summed E-state index contributed by atoms with van der Waals surface area (Å²) in [7, 11) is 1.63. The average Bonchev–Trinajstić information content (AvgIpc) is 2.84. The van der Waals surface area contributed by atoms with Gasteiger partial charge in [0.25, 0.3) is 11.1 Å². The van der Waals surface area contributed by atoms with Crippen LogP contribution in [0.1, 0.15) is 18.4 Å². The number of thioether (sulfide) groups is 1. The maximum atomic E-state index is 11.8. The van der Waals surface area contributed by atoms with E-state index in [4.69, 9.17) is 10.5 Å². The Labute approximate surface area is 139 Å². The molecular formula is C16H19N3O3S. The predicted molar refractivity (Wildman–Crippen MR) is 91.5 cm³/mol. The van der Waals surface area contributed by atoms with E-state index in [1.807, 2.05) is 18.2 Å². The Balaban J connectivity index is 2.01. The summed E-state index contributed by atoms with van der Waals surface area (Å²) in [6.45, 7) is 1.64. The summed E-state index contributed by atoms with van der Waals surface area (Å²) in [5.41, 5.74) is 7.87. The molecule has 2 aliphatic heterocycles. The number of para-hydroxylation sites is 1. The summed E-state index contributed by atoms with van der Waals surface area (Å²) in [6, 6.07) is 5.81. The number of carbonyl (C=O) groups is 2. The molecule has 3 N–H and O–H groups in total. The van der Waals surface area contributed by atoms with Gasteiger partial charge in [-0.25, -0.2) is 0 Å². The molecule has 2 amide bonds. The number of ether oxygens (including phenoxy) is 1. The molecule has 2 heterocycles. The van der Waals surface area contributed by atoms with Crippen LogP contribution in [0.15, 0.2) is 23.1 Å². The molecule has 1 aromatic rings. The van der Waals surface area contributed by atoms with Crippen molar-refractivity contribution < 1.29 is 14.3 Å². The molecule has 0 radical (unpaired) electrons. The molecule has 6 nitrogen and oxygen atoms in total. The number of hydrogen-bond acceptors (Lipinski definition) is 6. The predicted octanol–water partition coefficient (Wildman–Crippen LogP) is 1.95. The molecule has 3 rings (SSSR count). The van der Waals surface area contributed by atoms with Gasteiger partial charge in [0.2, 0.25) is 0 Å². The van der Waals surface area contributed by atoms with Crippen molar-refractivity contribution in [2.45, 2.75) is 18.9 Å².